The number of esters is 2. The minimum atomic E-state index is -0.527. The molecule has 0 atom stereocenters. The maximum Gasteiger partial charge on any atom is 0.308 e. The molecule has 0 rings (SSSR count). The molecule has 0 spiro atoms. The Morgan fingerprint density at radius 2 is 1.23 bits per heavy atom. The molecule has 1 amide bonds. The average Bonchev–Trinajstić information content (AvgIpc) is 2.44. The van der Waals surface area contributed by atoms with Crippen molar-refractivity contribution >= 4 is 18.3 Å². The van der Waals surface area contributed by atoms with E-state index in [1.165, 1.54) is 0 Å². The number of carbonyl (C=O) groups is 3. The molecule has 8 nitrogen and oxygen atoms in total. The molecule has 0 saturated carbocycles. The molecule has 152 valence electrons. The molecule has 0 aromatic heterocycles. The summed E-state index contributed by atoms with van der Waals surface area (Å²) in [4.78, 5) is 33.8. The van der Waals surface area contributed by atoms with Crippen molar-refractivity contribution in [1.29, 1.82) is 0 Å². The smallest absolute Gasteiger partial charge is 0.308 e. The second-order valence-corrected chi connectivity index (χ2v) is 7.80. The van der Waals surface area contributed by atoms with E-state index in [-0.39, 0.29) is 57.2 Å². The van der Waals surface area contributed by atoms with Gasteiger partial charge in [0.25, 0.3) is 0 Å². The summed E-state index contributed by atoms with van der Waals surface area (Å²) in [5.74, 6) is -0.683. The highest BCUT2D eigenvalue weighted by molar-refractivity contribution is 5.70. The van der Waals surface area contributed by atoms with Gasteiger partial charge in [-0.3, -0.25) is 14.4 Å². The number of nitrogens with one attached hydrogen (secondary N) is 1. The number of hydrogen-bond donors (Lipinski definition) is 1. The molecule has 0 heterocycles. The largest absolute Gasteiger partial charge is 0.460 e. The van der Waals surface area contributed by atoms with E-state index in [0.29, 0.717) is 6.41 Å². The fourth-order valence-corrected chi connectivity index (χ4v) is 1.79. The lowest BCUT2D eigenvalue weighted by molar-refractivity contribution is -0.157. The molecular weight excluding hydrogens is 342 g/mol. The third-order valence-electron chi connectivity index (χ3n) is 2.68. The predicted octanol–water partition coefficient (Wildman–Crippen LogP) is 1.60. The van der Waals surface area contributed by atoms with E-state index in [2.05, 4.69) is 5.32 Å². The third kappa shape index (κ3) is 15.8. The first kappa shape index (κ1) is 24.3. The molecule has 0 aliphatic rings. The van der Waals surface area contributed by atoms with E-state index in [1.54, 1.807) is 41.5 Å². The van der Waals surface area contributed by atoms with Gasteiger partial charge in [-0.15, -0.1) is 0 Å². The van der Waals surface area contributed by atoms with Gasteiger partial charge < -0.3 is 24.3 Å². The number of hydrogen-bond acceptors (Lipinski definition) is 7. The van der Waals surface area contributed by atoms with Gasteiger partial charge in [-0.25, -0.2) is 0 Å². The summed E-state index contributed by atoms with van der Waals surface area (Å²) in [6.45, 7) is 11.5. The van der Waals surface area contributed by atoms with Crippen molar-refractivity contribution in [2.45, 2.75) is 71.6 Å². The van der Waals surface area contributed by atoms with E-state index in [4.69, 9.17) is 18.9 Å². The zero-order valence-electron chi connectivity index (χ0n) is 16.8. The fourth-order valence-electron chi connectivity index (χ4n) is 1.79. The Bertz CT molecular complexity index is 402. The third-order valence-corrected chi connectivity index (χ3v) is 2.68. The van der Waals surface area contributed by atoms with Crippen molar-refractivity contribution in [3.05, 3.63) is 0 Å². The Balaban J connectivity index is 3.95. The number of ether oxygens (including phenoxy) is 4. The molecule has 8 heteroatoms. The Morgan fingerprint density at radius 3 is 1.54 bits per heavy atom. The summed E-state index contributed by atoms with van der Waals surface area (Å²) in [6, 6.07) is -0.371. The number of amides is 1. The van der Waals surface area contributed by atoms with Crippen LogP contribution in [0.3, 0.4) is 0 Å². The lowest BCUT2D eigenvalue weighted by atomic mass is 10.2. The highest BCUT2D eigenvalue weighted by Gasteiger charge is 2.17. The van der Waals surface area contributed by atoms with E-state index < -0.39 is 11.2 Å². The Kier molecular flexibility index (Phi) is 11.1. The van der Waals surface area contributed by atoms with Crippen LogP contribution in [0.15, 0.2) is 0 Å². The zero-order chi connectivity index (χ0) is 20.2. The van der Waals surface area contributed by atoms with E-state index in [9.17, 15) is 14.4 Å². The summed E-state index contributed by atoms with van der Waals surface area (Å²) in [5, 5.41) is 2.57. The van der Waals surface area contributed by atoms with Gasteiger partial charge in [-0.1, -0.05) is 0 Å². The van der Waals surface area contributed by atoms with Crippen molar-refractivity contribution in [2.75, 3.05) is 26.4 Å². The predicted molar refractivity (Wildman–Crippen MR) is 95.5 cm³/mol. The molecule has 0 aromatic rings. The Hall–Kier alpha value is -1.67. The number of carbonyl (C=O) groups excluding carboxylic acids is 3. The molecule has 0 saturated heterocycles. The van der Waals surface area contributed by atoms with Crippen LogP contribution < -0.4 is 5.32 Å². The van der Waals surface area contributed by atoms with Crippen LogP contribution in [-0.2, 0) is 33.3 Å². The van der Waals surface area contributed by atoms with E-state index in [0.717, 1.165) is 0 Å². The van der Waals surface area contributed by atoms with Crippen molar-refractivity contribution in [1.82, 2.24) is 5.32 Å². The summed E-state index contributed by atoms with van der Waals surface area (Å²) in [6.07, 6.45) is 0.814. The van der Waals surface area contributed by atoms with Gasteiger partial charge >= 0.3 is 11.9 Å². The zero-order valence-corrected chi connectivity index (χ0v) is 16.8. The van der Waals surface area contributed by atoms with Gasteiger partial charge in [0.1, 0.15) is 11.2 Å². The first-order valence-corrected chi connectivity index (χ1v) is 8.72. The molecule has 0 unspecified atom stereocenters. The van der Waals surface area contributed by atoms with Crippen LogP contribution in [0.4, 0.5) is 0 Å². The van der Waals surface area contributed by atoms with Gasteiger partial charge in [-0.05, 0) is 41.5 Å². The SMILES string of the molecule is CC(C)(C)OC(=O)CCOCC(COCCC(=O)OC(C)(C)C)NC=O. The second kappa shape index (κ2) is 11.9. The summed E-state index contributed by atoms with van der Waals surface area (Å²) >= 11 is 0. The maximum absolute atomic E-state index is 11.6. The van der Waals surface area contributed by atoms with Crippen LogP contribution in [0.2, 0.25) is 0 Å². The Morgan fingerprint density at radius 1 is 0.846 bits per heavy atom. The quantitative estimate of drug-likeness (QED) is 0.314. The average molecular weight is 375 g/mol. The highest BCUT2D eigenvalue weighted by atomic mass is 16.6. The molecule has 0 aliphatic heterocycles. The monoisotopic (exact) mass is 375 g/mol. The summed E-state index contributed by atoms with van der Waals surface area (Å²) in [7, 11) is 0. The lowest BCUT2D eigenvalue weighted by Crippen LogP contribution is -2.37. The molecular formula is C18H33NO7. The van der Waals surface area contributed by atoms with Crippen LogP contribution in [-0.4, -0.2) is 62.0 Å². The van der Waals surface area contributed by atoms with Crippen LogP contribution in [0.1, 0.15) is 54.4 Å². The first-order valence-electron chi connectivity index (χ1n) is 8.72. The second-order valence-electron chi connectivity index (χ2n) is 7.80. The molecule has 0 radical (unpaired) electrons. The standard InChI is InChI=1S/C18H33NO7/c1-17(2,3)25-15(21)7-9-23-11-14(19-13-20)12-24-10-8-16(22)26-18(4,5)6/h13-14H,7-12H2,1-6H3,(H,19,20). The summed E-state index contributed by atoms with van der Waals surface area (Å²) < 4.78 is 21.1. The molecule has 0 fully saturated rings. The normalized spacial score (nSPS) is 12.0. The van der Waals surface area contributed by atoms with Crippen molar-refractivity contribution < 1.29 is 33.3 Å². The summed E-state index contributed by atoms with van der Waals surface area (Å²) in [5.41, 5.74) is -1.05. The van der Waals surface area contributed by atoms with Crippen molar-refractivity contribution in [3.8, 4) is 0 Å². The first-order chi connectivity index (χ1) is 11.9. The topological polar surface area (TPSA) is 100 Å². The van der Waals surface area contributed by atoms with Gasteiger partial charge in [0, 0.05) is 0 Å². The van der Waals surface area contributed by atoms with E-state index in [1.807, 2.05) is 0 Å². The fraction of sp³-hybridized carbons (Fsp3) is 0.833. The molecule has 1 N–H and O–H groups in total. The van der Waals surface area contributed by atoms with E-state index >= 15 is 0 Å². The Labute approximate surface area is 155 Å². The highest BCUT2D eigenvalue weighted by Crippen LogP contribution is 2.09. The van der Waals surface area contributed by atoms with Gasteiger partial charge in [0.15, 0.2) is 0 Å². The van der Waals surface area contributed by atoms with Gasteiger partial charge in [-0.2, -0.15) is 0 Å². The lowest BCUT2D eigenvalue weighted by Gasteiger charge is -2.20. The minimum absolute atomic E-state index is 0.130. The van der Waals surface area contributed by atoms with Crippen LogP contribution in [0.5, 0.6) is 0 Å². The molecule has 26 heavy (non-hydrogen) atoms. The van der Waals surface area contributed by atoms with Gasteiger partial charge in [0.2, 0.25) is 6.41 Å². The van der Waals surface area contributed by atoms with Crippen molar-refractivity contribution in [3.63, 3.8) is 0 Å². The number of rotatable bonds is 12. The maximum atomic E-state index is 11.6. The molecule has 0 aliphatic carbocycles. The van der Waals surface area contributed by atoms with Gasteiger partial charge in [0.05, 0.1) is 45.3 Å². The molecule has 0 aromatic carbocycles. The van der Waals surface area contributed by atoms with Crippen LogP contribution in [0, 0.1) is 0 Å². The van der Waals surface area contributed by atoms with Crippen LogP contribution in [0.25, 0.3) is 0 Å². The minimum Gasteiger partial charge on any atom is -0.460 e. The van der Waals surface area contributed by atoms with Crippen molar-refractivity contribution in [2.24, 2.45) is 0 Å². The van der Waals surface area contributed by atoms with Crippen LogP contribution >= 0.6 is 0 Å². The molecule has 0 bridgehead atoms.